The number of nitriles is 1. The molecule has 0 aromatic carbocycles. The average Bonchev–Trinajstić information content (AvgIpc) is 2.84. The van der Waals surface area contributed by atoms with Gasteiger partial charge in [-0.2, -0.15) is 10.2 Å². The maximum absolute atomic E-state index is 10.9. The maximum atomic E-state index is 10.9. The van der Waals surface area contributed by atoms with Crippen LogP contribution in [-0.2, 0) is 6.42 Å². The Hall–Kier alpha value is -3.02. The Kier molecular flexibility index (Phi) is 3.85. The molecule has 0 aliphatic heterocycles. The lowest BCUT2D eigenvalue weighted by molar-refractivity contribution is -0.384. The van der Waals surface area contributed by atoms with Crippen molar-refractivity contribution in [2.24, 2.45) is 0 Å². The second-order valence-corrected chi connectivity index (χ2v) is 3.87. The van der Waals surface area contributed by atoms with Crippen LogP contribution >= 0.6 is 0 Å². The molecule has 0 aliphatic carbocycles. The highest BCUT2D eigenvalue weighted by Gasteiger charge is 2.16. The van der Waals surface area contributed by atoms with Gasteiger partial charge in [0.1, 0.15) is 6.07 Å². The van der Waals surface area contributed by atoms with Gasteiger partial charge in [-0.25, -0.2) is 4.98 Å². The normalized spacial score (nSPS) is 10.0. The third-order valence-corrected chi connectivity index (χ3v) is 2.40. The van der Waals surface area contributed by atoms with E-state index in [1.54, 1.807) is 6.92 Å². The van der Waals surface area contributed by atoms with E-state index in [0.29, 0.717) is 24.7 Å². The molecule has 9 heteroatoms. The van der Waals surface area contributed by atoms with Crippen molar-refractivity contribution < 1.29 is 9.45 Å². The molecule has 2 heterocycles. The molecule has 0 radical (unpaired) electrons. The Labute approximate surface area is 113 Å². The van der Waals surface area contributed by atoms with Crippen LogP contribution in [0.3, 0.4) is 0 Å². The number of nitrogens with one attached hydrogen (secondary N) is 1. The lowest BCUT2D eigenvalue weighted by Gasteiger charge is -2.04. The fraction of sp³-hybridized carbons (Fsp3) is 0.273. The molecule has 102 valence electrons. The summed E-state index contributed by atoms with van der Waals surface area (Å²) >= 11 is 0. The van der Waals surface area contributed by atoms with Crippen molar-refractivity contribution in [3.05, 3.63) is 39.7 Å². The Morgan fingerprint density at radius 1 is 1.60 bits per heavy atom. The Morgan fingerprint density at radius 2 is 2.40 bits per heavy atom. The van der Waals surface area contributed by atoms with Gasteiger partial charge in [0.05, 0.1) is 10.5 Å². The van der Waals surface area contributed by atoms with Gasteiger partial charge in [-0.3, -0.25) is 10.1 Å². The average molecular weight is 274 g/mol. The Balaban J connectivity index is 2.05. The van der Waals surface area contributed by atoms with Crippen LogP contribution in [0.4, 0.5) is 11.5 Å². The van der Waals surface area contributed by atoms with E-state index in [2.05, 4.69) is 20.4 Å². The number of hydrogen-bond donors (Lipinski definition) is 1. The zero-order valence-corrected chi connectivity index (χ0v) is 10.5. The summed E-state index contributed by atoms with van der Waals surface area (Å²) in [7, 11) is 0. The van der Waals surface area contributed by atoms with Crippen molar-refractivity contribution >= 4 is 11.5 Å². The molecular weight excluding hydrogens is 264 g/mol. The van der Waals surface area contributed by atoms with Crippen LogP contribution in [0, 0.1) is 28.4 Å². The van der Waals surface area contributed by atoms with Gasteiger partial charge >= 0.3 is 5.69 Å². The minimum absolute atomic E-state index is 0.106. The van der Waals surface area contributed by atoms with Crippen LogP contribution in [-0.4, -0.2) is 26.6 Å². The highest BCUT2D eigenvalue weighted by Crippen LogP contribution is 2.22. The van der Waals surface area contributed by atoms with Gasteiger partial charge in [-0.15, -0.1) is 0 Å². The first-order valence-electron chi connectivity index (χ1n) is 5.67. The van der Waals surface area contributed by atoms with E-state index in [4.69, 9.17) is 9.78 Å². The standard InChI is InChI=1S/C11H10N6O3/c1-7-15-10(16-20-7)2-3-13-11-9(17(18)19)4-8(5-12)6-14-11/h4,6H,2-3H2,1H3,(H,13,14). The first-order chi connectivity index (χ1) is 9.60. The molecule has 0 saturated carbocycles. The predicted molar refractivity (Wildman–Crippen MR) is 66.8 cm³/mol. The van der Waals surface area contributed by atoms with Crippen molar-refractivity contribution in [2.45, 2.75) is 13.3 Å². The van der Waals surface area contributed by atoms with Crippen LogP contribution in [0.15, 0.2) is 16.8 Å². The van der Waals surface area contributed by atoms with Crippen LogP contribution in [0.5, 0.6) is 0 Å². The highest BCUT2D eigenvalue weighted by molar-refractivity contribution is 5.58. The molecule has 2 rings (SSSR count). The van der Waals surface area contributed by atoms with Crippen LogP contribution < -0.4 is 5.32 Å². The van der Waals surface area contributed by atoms with Crippen molar-refractivity contribution in [3.8, 4) is 6.07 Å². The van der Waals surface area contributed by atoms with E-state index in [-0.39, 0.29) is 17.1 Å². The number of anilines is 1. The summed E-state index contributed by atoms with van der Waals surface area (Å²) in [6.45, 7) is 2.04. The summed E-state index contributed by atoms with van der Waals surface area (Å²) in [5.41, 5.74) is -0.107. The topological polar surface area (TPSA) is 131 Å². The van der Waals surface area contributed by atoms with Gasteiger partial charge in [0, 0.05) is 32.2 Å². The largest absolute Gasteiger partial charge is 0.364 e. The van der Waals surface area contributed by atoms with E-state index in [9.17, 15) is 10.1 Å². The molecule has 0 spiro atoms. The number of rotatable bonds is 5. The van der Waals surface area contributed by atoms with Gasteiger partial charge in [0.25, 0.3) is 0 Å². The zero-order chi connectivity index (χ0) is 14.5. The van der Waals surface area contributed by atoms with E-state index in [1.807, 2.05) is 6.07 Å². The van der Waals surface area contributed by atoms with Gasteiger partial charge < -0.3 is 9.84 Å². The molecule has 9 nitrogen and oxygen atoms in total. The Bertz CT molecular complexity index is 675. The predicted octanol–water partition coefficient (Wildman–Crippen LogP) is 1.21. The van der Waals surface area contributed by atoms with E-state index < -0.39 is 4.92 Å². The maximum Gasteiger partial charge on any atom is 0.312 e. The highest BCUT2D eigenvalue weighted by atomic mass is 16.6. The number of pyridine rings is 1. The van der Waals surface area contributed by atoms with Crippen LogP contribution in [0.2, 0.25) is 0 Å². The quantitative estimate of drug-likeness (QED) is 0.635. The van der Waals surface area contributed by atoms with E-state index >= 15 is 0 Å². The lowest BCUT2D eigenvalue weighted by Crippen LogP contribution is -2.09. The van der Waals surface area contributed by atoms with E-state index in [1.165, 1.54) is 12.3 Å². The minimum atomic E-state index is -0.589. The zero-order valence-electron chi connectivity index (χ0n) is 10.5. The Morgan fingerprint density at radius 3 is 3.00 bits per heavy atom. The molecule has 0 saturated heterocycles. The molecule has 1 N–H and O–H groups in total. The summed E-state index contributed by atoms with van der Waals surface area (Å²) < 4.78 is 4.81. The number of hydrogen-bond acceptors (Lipinski definition) is 8. The molecule has 0 amide bonds. The second kappa shape index (κ2) is 5.75. The molecule has 0 atom stereocenters. The molecule has 0 aliphatic rings. The number of nitro groups is 1. The second-order valence-electron chi connectivity index (χ2n) is 3.87. The van der Waals surface area contributed by atoms with Crippen molar-refractivity contribution in [3.63, 3.8) is 0 Å². The van der Waals surface area contributed by atoms with Gasteiger partial charge in [-0.1, -0.05) is 5.16 Å². The van der Waals surface area contributed by atoms with Crippen LogP contribution in [0.25, 0.3) is 0 Å². The van der Waals surface area contributed by atoms with Gasteiger partial charge in [0.15, 0.2) is 5.82 Å². The first kappa shape index (κ1) is 13.4. The smallest absolute Gasteiger partial charge is 0.312 e. The summed E-state index contributed by atoms with van der Waals surface area (Å²) in [5.74, 6) is 1.07. The summed E-state index contributed by atoms with van der Waals surface area (Å²) in [5, 5.41) is 26.1. The SMILES string of the molecule is Cc1nc(CCNc2ncc(C#N)cc2[N+](=O)[O-])no1. The number of nitrogens with zero attached hydrogens (tertiary/aromatic N) is 5. The van der Waals surface area contributed by atoms with E-state index in [0.717, 1.165) is 0 Å². The third kappa shape index (κ3) is 3.05. The minimum Gasteiger partial charge on any atom is -0.364 e. The summed E-state index contributed by atoms with van der Waals surface area (Å²) in [6, 6.07) is 2.98. The molecule has 0 fully saturated rings. The fourth-order valence-corrected chi connectivity index (χ4v) is 1.53. The van der Waals surface area contributed by atoms with Gasteiger partial charge in [-0.05, 0) is 0 Å². The molecular formula is C11H10N6O3. The third-order valence-electron chi connectivity index (χ3n) is 2.40. The van der Waals surface area contributed by atoms with Crippen molar-refractivity contribution in [2.75, 3.05) is 11.9 Å². The van der Waals surface area contributed by atoms with Gasteiger partial charge in [0.2, 0.25) is 11.7 Å². The molecule has 2 aromatic heterocycles. The molecule has 2 aromatic rings. The molecule has 0 bridgehead atoms. The molecule has 20 heavy (non-hydrogen) atoms. The monoisotopic (exact) mass is 274 g/mol. The van der Waals surface area contributed by atoms with Crippen molar-refractivity contribution in [1.29, 1.82) is 5.26 Å². The lowest BCUT2D eigenvalue weighted by atomic mass is 10.2. The summed E-state index contributed by atoms with van der Waals surface area (Å²) in [4.78, 5) is 18.2. The summed E-state index contributed by atoms with van der Waals surface area (Å²) in [6.07, 6.45) is 1.71. The number of aryl methyl sites for hydroxylation is 1. The molecule has 0 unspecified atom stereocenters. The van der Waals surface area contributed by atoms with Crippen molar-refractivity contribution in [1.82, 2.24) is 15.1 Å². The fourth-order valence-electron chi connectivity index (χ4n) is 1.53. The number of aromatic nitrogens is 3. The first-order valence-corrected chi connectivity index (χ1v) is 5.67. The van der Waals surface area contributed by atoms with Crippen LogP contribution in [0.1, 0.15) is 17.3 Å².